The number of benzene rings is 2. The molecule has 4 nitrogen and oxygen atoms in total. The third-order valence-electron chi connectivity index (χ3n) is 4.28. The number of carbonyl (C=O) groups is 1. The van der Waals surface area contributed by atoms with Crippen LogP contribution in [0.3, 0.4) is 0 Å². The van der Waals surface area contributed by atoms with Gasteiger partial charge in [-0.25, -0.2) is 4.39 Å². The summed E-state index contributed by atoms with van der Waals surface area (Å²) in [4.78, 5) is 12.0. The highest BCUT2D eigenvalue weighted by molar-refractivity contribution is 5.95. The summed E-state index contributed by atoms with van der Waals surface area (Å²) in [5, 5.41) is 14.9. The molecule has 0 aliphatic heterocycles. The second-order valence-electron chi connectivity index (χ2n) is 5.99. The van der Waals surface area contributed by atoms with Crippen LogP contribution in [0.15, 0.2) is 42.5 Å². The number of rotatable bonds is 5. The number of anilines is 1. The van der Waals surface area contributed by atoms with Gasteiger partial charge >= 0.3 is 0 Å². The maximum absolute atomic E-state index is 13.4. The number of fused-ring (bicyclic) bond motifs is 1. The summed E-state index contributed by atoms with van der Waals surface area (Å²) in [6.45, 7) is 0.150. The molecule has 0 aromatic heterocycles. The van der Waals surface area contributed by atoms with Crippen molar-refractivity contribution in [3.63, 3.8) is 0 Å². The minimum atomic E-state index is -0.209. The van der Waals surface area contributed by atoms with Crippen LogP contribution in [0.4, 0.5) is 10.1 Å². The van der Waals surface area contributed by atoms with E-state index in [0.29, 0.717) is 5.56 Å². The molecule has 1 aliphatic carbocycles. The van der Waals surface area contributed by atoms with Crippen LogP contribution in [-0.4, -0.2) is 24.2 Å². The molecule has 1 amide bonds. The van der Waals surface area contributed by atoms with Gasteiger partial charge in [0.15, 0.2) is 0 Å². The Bertz CT molecular complexity index is 733. The van der Waals surface area contributed by atoms with E-state index in [1.54, 1.807) is 18.2 Å². The fourth-order valence-electron chi connectivity index (χ4n) is 3.16. The molecular formula is C19H21FN2O2. The molecule has 3 rings (SSSR count). The van der Waals surface area contributed by atoms with Gasteiger partial charge in [0.25, 0.3) is 5.91 Å². The van der Waals surface area contributed by atoms with Crippen molar-refractivity contribution in [2.24, 2.45) is 0 Å². The number of nitrogens with one attached hydrogen (secondary N) is 2. The lowest BCUT2D eigenvalue weighted by atomic mass is 9.87. The van der Waals surface area contributed by atoms with E-state index in [1.165, 1.54) is 6.07 Å². The van der Waals surface area contributed by atoms with E-state index < -0.39 is 0 Å². The highest BCUT2D eigenvalue weighted by Gasteiger charge is 2.20. The Kier molecular flexibility index (Phi) is 5.11. The first kappa shape index (κ1) is 16.5. The Morgan fingerprint density at radius 2 is 2.12 bits per heavy atom. The zero-order valence-electron chi connectivity index (χ0n) is 13.4. The molecule has 0 saturated heterocycles. The Morgan fingerprint density at radius 1 is 1.25 bits per heavy atom. The average molecular weight is 328 g/mol. The normalized spacial score (nSPS) is 16.3. The summed E-state index contributed by atoms with van der Waals surface area (Å²) >= 11 is 0. The lowest BCUT2D eigenvalue weighted by Gasteiger charge is -2.27. The maximum Gasteiger partial charge on any atom is 0.251 e. The molecular weight excluding hydrogens is 307 g/mol. The Labute approximate surface area is 140 Å². The number of aryl methyl sites for hydroxylation is 1. The van der Waals surface area contributed by atoms with Crippen LogP contribution in [0.2, 0.25) is 0 Å². The van der Waals surface area contributed by atoms with Crippen LogP contribution in [0.5, 0.6) is 0 Å². The molecule has 2 aromatic carbocycles. The van der Waals surface area contributed by atoms with Gasteiger partial charge in [-0.1, -0.05) is 12.1 Å². The SMILES string of the molecule is O=C(NCCO)c1cccc(NC2CCCc3cc(F)ccc32)c1. The van der Waals surface area contributed by atoms with Gasteiger partial charge in [0.05, 0.1) is 12.6 Å². The number of hydrogen-bond acceptors (Lipinski definition) is 3. The lowest BCUT2D eigenvalue weighted by Crippen LogP contribution is -2.26. The van der Waals surface area contributed by atoms with Gasteiger partial charge in [0.1, 0.15) is 5.82 Å². The molecule has 2 aromatic rings. The summed E-state index contributed by atoms with van der Waals surface area (Å²) in [5.74, 6) is -0.407. The highest BCUT2D eigenvalue weighted by atomic mass is 19.1. The molecule has 0 radical (unpaired) electrons. The van der Waals surface area contributed by atoms with Crippen LogP contribution < -0.4 is 10.6 Å². The van der Waals surface area contributed by atoms with E-state index in [2.05, 4.69) is 10.6 Å². The monoisotopic (exact) mass is 328 g/mol. The topological polar surface area (TPSA) is 61.4 Å². The van der Waals surface area contributed by atoms with Gasteiger partial charge in [-0.05, 0) is 60.7 Å². The smallest absolute Gasteiger partial charge is 0.251 e. The summed E-state index contributed by atoms with van der Waals surface area (Å²) in [5.41, 5.74) is 3.57. The molecule has 1 unspecified atom stereocenters. The van der Waals surface area contributed by atoms with Crippen LogP contribution in [0.1, 0.15) is 40.4 Å². The summed E-state index contributed by atoms with van der Waals surface area (Å²) in [6.07, 6.45) is 2.87. The minimum Gasteiger partial charge on any atom is -0.395 e. The largest absolute Gasteiger partial charge is 0.395 e. The van der Waals surface area contributed by atoms with E-state index in [9.17, 15) is 9.18 Å². The molecule has 126 valence electrons. The van der Waals surface area contributed by atoms with E-state index in [4.69, 9.17) is 5.11 Å². The third kappa shape index (κ3) is 3.74. The third-order valence-corrected chi connectivity index (χ3v) is 4.28. The van der Waals surface area contributed by atoms with Crippen LogP contribution in [0, 0.1) is 5.82 Å². The van der Waals surface area contributed by atoms with Crippen LogP contribution in [0.25, 0.3) is 0 Å². The second kappa shape index (κ2) is 7.45. The number of aliphatic hydroxyl groups is 1. The van der Waals surface area contributed by atoms with Gasteiger partial charge in [-0.15, -0.1) is 0 Å². The first-order chi connectivity index (χ1) is 11.7. The lowest BCUT2D eigenvalue weighted by molar-refractivity contribution is 0.0945. The molecule has 24 heavy (non-hydrogen) atoms. The van der Waals surface area contributed by atoms with Crippen molar-refractivity contribution >= 4 is 11.6 Å². The van der Waals surface area contributed by atoms with Gasteiger partial charge in [0.2, 0.25) is 0 Å². The van der Waals surface area contributed by atoms with Crippen molar-refractivity contribution < 1.29 is 14.3 Å². The predicted octanol–water partition coefficient (Wildman–Crippen LogP) is 3.04. The number of hydrogen-bond donors (Lipinski definition) is 3. The minimum absolute atomic E-state index is 0.0842. The van der Waals surface area contributed by atoms with Gasteiger partial charge < -0.3 is 15.7 Å². The summed E-state index contributed by atoms with van der Waals surface area (Å²) in [6, 6.07) is 12.3. The molecule has 0 saturated carbocycles. The molecule has 5 heteroatoms. The van der Waals surface area contributed by atoms with Crippen molar-refractivity contribution in [1.82, 2.24) is 5.32 Å². The first-order valence-corrected chi connectivity index (χ1v) is 8.21. The van der Waals surface area contributed by atoms with E-state index in [-0.39, 0.29) is 30.9 Å². The number of carbonyl (C=O) groups excluding carboxylic acids is 1. The molecule has 0 heterocycles. The standard InChI is InChI=1S/C19H21FN2O2/c20-15-7-8-17-13(11-15)3-2-6-18(17)22-16-5-1-4-14(12-16)19(24)21-9-10-23/h1,4-5,7-8,11-12,18,22-23H,2-3,6,9-10H2,(H,21,24). The van der Waals surface area contributed by atoms with Crippen molar-refractivity contribution in [3.05, 3.63) is 65.0 Å². The zero-order chi connectivity index (χ0) is 16.9. The van der Waals surface area contributed by atoms with Gasteiger partial charge in [0, 0.05) is 17.8 Å². The Balaban J connectivity index is 1.77. The van der Waals surface area contributed by atoms with E-state index in [0.717, 1.165) is 36.1 Å². The Morgan fingerprint density at radius 3 is 2.96 bits per heavy atom. The number of aliphatic hydroxyl groups excluding tert-OH is 1. The molecule has 0 bridgehead atoms. The van der Waals surface area contributed by atoms with Gasteiger partial charge in [-0.2, -0.15) is 0 Å². The zero-order valence-corrected chi connectivity index (χ0v) is 13.4. The van der Waals surface area contributed by atoms with E-state index >= 15 is 0 Å². The van der Waals surface area contributed by atoms with E-state index in [1.807, 2.05) is 18.2 Å². The van der Waals surface area contributed by atoms with Crippen molar-refractivity contribution in [3.8, 4) is 0 Å². The fourth-order valence-corrected chi connectivity index (χ4v) is 3.16. The molecule has 0 fully saturated rings. The summed E-state index contributed by atoms with van der Waals surface area (Å²) in [7, 11) is 0. The molecule has 1 atom stereocenters. The number of amides is 1. The quantitative estimate of drug-likeness (QED) is 0.790. The predicted molar refractivity (Wildman–Crippen MR) is 91.6 cm³/mol. The van der Waals surface area contributed by atoms with Crippen LogP contribution >= 0.6 is 0 Å². The molecule has 0 spiro atoms. The highest BCUT2D eigenvalue weighted by Crippen LogP contribution is 2.33. The summed E-state index contributed by atoms with van der Waals surface area (Å²) < 4.78 is 13.4. The Hall–Kier alpha value is -2.40. The first-order valence-electron chi connectivity index (χ1n) is 8.21. The molecule has 1 aliphatic rings. The second-order valence-corrected chi connectivity index (χ2v) is 5.99. The maximum atomic E-state index is 13.4. The fraction of sp³-hybridized carbons (Fsp3) is 0.316. The average Bonchev–Trinajstić information content (AvgIpc) is 2.60. The van der Waals surface area contributed by atoms with Crippen molar-refractivity contribution in [1.29, 1.82) is 0 Å². The number of halogens is 1. The van der Waals surface area contributed by atoms with Crippen LogP contribution in [-0.2, 0) is 6.42 Å². The molecule has 3 N–H and O–H groups in total. The van der Waals surface area contributed by atoms with Gasteiger partial charge in [-0.3, -0.25) is 4.79 Å². The van der Waals surface area contributed by atoms with Crippen molar-refractivity contribution in [2.45, 2.75) is 25.3 Å². The van der Waals surface area contributed by atoms with Crippen molar-refractivity contribution in [2.75, 3.05) is 18.5 Å².